The Labute approximate surface area is 199 Å². The Kier molecular flexibility index (Phi) is 7.44. The number of nitrogens with one attached hydrogen (secondary N) is 1. The lowest BCUT2D eigenvalue weighted by Gasteiger charge is -2.12. The number of esters is 1. The Morgan fingerprint density at radius 1 is 1.19 bits per heavy atom. The van der Waals surface area contributed by atoms with Crippen molar-refractivity contribution in [1.29, 1.82) is 0 Å². The van der Waals surface area contributed by atoms with Crippen molar-refractivity contribution in [3.05, 3.63) is 57.6 Å². The third kappa shape index (κ3) is 5.31. The van der Waals surface area contributed by atoms with Crippen LogP contribution in [0.5, 0.6) is 0 Å². The van der Waals surface area contributed by atoms with Gasteiger partial charge in [-0.05, 0) is 56.4 Å². The van der Waals surface area contributed by atoms with Crippen LogP contribution in [0.25, 0.3) is 11.3 Å². The first-order valence-corrected chi connectivity index (χ1v) is 12.6. The number of anilines is 1. The maximum absolute atomic E-state index is 12.7. The van der Waals surface area contributed by atoms with Gasteiger partial charge in [-0.1, -0.05) is 35.5 Å². The topological polar surface area (TPSA) is 81.2 Å². The smallest absolute Gasteiger partial charge is 0.341 e. The first-order valence-electron chi connectivity index (χ1n) is 10.4. The monoisotopic (exact) mass is 487 g/mol. The standard InChI is InChI=1S/C23H22ClN3O3S2/c1-2-30-22(29)20-16-5-3-4-6-18(16)32-21(20)27-19(28)13-31-23-25-12-11-17(26-23)14-7-9-15(24)10-8-14/h7-12H,2-6,13H2,1H3,(H,27,28). The van der Waals surface area contributed by atoms with Gasteiger partial charge in [-0.3, -0.25) is 4.79 Å². The Morgan fingerprint density at radius 2 is 1.97 bits per heavy atom. The van der Waals surface area contributed by atoms with E-state index < -0.39 is 0 Å². The van der Waals surface area contributed by atoms with E-state index in [0.717, 1.165) is 42.5 Å². The molecule has 2 aromatic heterocycles. The molecule has 0 atom stereocenters. The summed E-state index contributed by atoms with van der Waals surface area (Å²) in [5.41, 5.74) is 3.23. The summed E-state index contributed by atoms with van der Waals surface area (Å²) in [6, 6.07) is 9.21. The highest BCUT2D eigenvalue weighted by Gasteiger charge is 2.27. The molecular formula is C23H22ClN3O3S2. The average Bonchev–Trinajstić information content (AvgIpc) is 3.16. The van der Waals surface area contributed by atoms with Crippen molar-refractivity contribution in [3.63, 3.8) is 0 Å². The number of amides is 1. The Bertz CT molecular complexity index is 1130. The fourth-order valence-electron chi connectivity index (χ4n) is 3.56. The third-order valence-corrected chi connectivity index (χ3v) is 7.33. The molecule has 2 heterocycles. The van der Waals surface area contributed by atoms with Crippen molar-refractivity contribution in [3.8, 4) is 11.3 Å². The summed E-state index contributed by atoms with van der Waals surface area (Å²) < 4.78 is 5.25. The molecule has 0 fully saturated rings. The predicted octanol–water partition coefficient (Wildman–Crippen LogP) is 5.64. The molecule has 0 radical (unpaired) electrons. The van der Waals surface area contributed by atoms with Crippen molar-refractivity contribution in [1.82, 2.24) is 9.97 Å². The Balaban J connectivity index is 1.45. The van der Waals surface area contributed by atoms with E-state index in [4.69, 9.17) is 16.3 Å². The number of hydrogen-bond acceptors (Lipinski definition) is 7. The van der Waals surface area contributed by atoms with Gasteiger partial charge < -0.3 is 10.1 Å². The number of carbonyl (C=O) groups excluding carboxylic acids is 2. The quantitative estimate of drug-likeness (QED) is 0.263. The zero-order chi connectivity index (χ0) is 22.5. The number of aryl methyl sites for hydroxylation is 1. The summed E-state index contributed by atoms with van der Waals surface area (Å²) >= 11 is 8.68. The molecule has 0 saturated heterocycles. The largest absolute Gasteiger partial charge is 0.462 e. The van der Waals surface area contributed by atoms with Crippen molar-refractivity contribution in [2.45, 2.75) is 37.8 Å². The van der Waals surface area contributed by atoms with Crippen molar-refractivity contribution in [2.24, 2.45) is 0 Å². The Hall–Kier alpha value is -2.42. The molecule has 1 aromatic carbocycles. The maximum Gasteiger partial charge on any atom is 0.341 e. The van der Waals surface area contributed by atoms with Crippen molar-refractivity contribution < 1.29 is 14.3 Å². The molecule has 0 bridgehead atoms. The molecule has 32 heavy (non-hydrogen) atoms. The number of fused-ring (bicyclic) bond motifs is 1. The van der Waals surface area contributed by atoms with Crippen LogP contribution in [0.4, 0.5) is 5.00 Å². The summed E-state index contributed by atoms with van der Waals surface area (Å²) in [5.74, 6) is -0.442. The third-order valence-electron chi connectivity index (χ3n) is 5.01. The molecule has 0 unspecified atom stereocenters. The Morgan fingerprint density at radius 3 is 2.75 bits per heavy atom. The number of thioether (sulfide) groups is 1. The molecule has 1 aliphatic carbocycles. The molecule has 0 aliphatic heterocycles. The van der Waals surface area contributed by atoms with Gasteiger partial charge >= 0.3 is 5.97 Å². The molecule has 3 aromatic rings. The fraction of sp³-hybridized carbons (Fsp3) is 0.304. The van der Waals surface area contributed by atoms with Crippen LogP contribution in [0.2, 0.25) is 5.02 Å². The second-order valence-corrected chi connectivity index (χ2v) is 9.69. The van der Waals surface area contributed by atoms with Crippen LogP contribution in [-0.4, -0.2) is 34.2 Å². The van der Waals surface area contributed by atoms with Gasteiger partial charge in [0.1, 0.15) is 5.00 Å². The number of thiophene rings is 1. The van der Waals surface area contributed by atoms with Gasteiger partial charge in [0.15, 0.2) is 5.16 Å². The highest BCUT2D eigenvalue weighted by Crippen LogP contribution is 2.38. The van der Waals surface area contributed by atoms with Crippen molar-refractivity contribution in [2.75, 3.05) is 17.7 Å². The van der Waals surface area contributed by atoms with Crippen LogP contribution >= 0.6 is 34.7 Å². The number of ether oxygens (including phenoxy) is 1. The van der Waals surface area contributed by atoms with Crippen LogP contribution < -0.4 is 5.32 Å². The fourth-order valence-corrected chi connectivity index (χ4v) is 5.61. The first-order chi connectivity index (χ1) is 15.5. The second kappa shape index (κ2) is 10.5. The lowest BCUT2D eigenvalue weighted by Crippen LogP contribution is -2.17. The molecule has 0 saturated carbocycles. The number of benzene rings is 1. The summed E-state index contributed by atoms with van der Waals surface area (Å²) in [4.78, 5) is 35.2. The minimum atomic E-state index is -0.367. The van der Waals surface area contributed by atoms with Gasteiger partial charge in [0.2, 0.25) is 5.91 Å². The molecule has 6 nitrogen and oxygen atoms in total. The van der Waals surface area contributed by atoms with E-state index in [2.05, 4.69) is 15.3 Å². The summed E-state index contributed by atoms with van der Waals surface area (Å²) in [5, 5.41) is 4.66. The number of nitrogens with zero attached hydrogens (tertiary/aromatic N) is 2. The first kappa shape index (κ1) is 22.8. The average molecular weight is 488 g/mol. The minimum absolute atomic E-state index is 0.134. The van der Waals surface area contributed by atoms with Gasteiger partial charge in [-0.25, -0.2) is 14.8 Å². The SMILES string of the molecule is CCOC(=O)c1c(NC(=O)CSc2nccc(-c3ccc(Cl)cc3)n2)sc2c1CCCC2. The maximum atomic E-state index is 12.7. The highest BCUT2D eigenvalue weighted by atomic mass is 35.5. The van der Waals surface area contributed by atoms with E-state index in [1.165, 1.54) is 28.0 Å². The molecule has 9 heteroatoms. The van der Waals surface area contributed by atoms with Gasteiger partial charge in [-0.15, -0.1) is 11.3 Å². The number of rotatable bonds is 7. The van der Waals surface area contributed by atoms with E-state index in [1.54, 1.807) is 25.3 Å². The van der Waals surface area contributed by atoms with E-state index in [-0.39, 0.29) is 17.6 Å². The van der Waals surface area contributed by atoms with Gasteiger partial charge in [0, 0.05) is 21.7 Å². The molecular weight excluding hydrogens is 466 g/mol. The lowest BCUT2D eigenvalue weighted by molar-refractivity contribution is -0.113. The summed E-state index contributed by atoms with van der Waals surface area (Å²) in [6.45, 7) is 2.08. The van der Waals surface area contributed by atoms with Crippen LogP contribution in [0.3, 0.4) is 0 Å². The van der Waals surface area contributed by atoms with E-state index >= 15 is 0 Å². The molecule has 4 rings (SSSR count). The number of carbonyl (C=O) groups is 2. The summed E-state index contributed by atoms with van der Waals surface area (Å²) in [6.07, 6.45) is 5.59. The number of hydrogen-bond donors (Lipinski definition) is 1. The number of halogens is 1. The van der Waals surface area contributed by atoms with Crippen LogP contribution in [-0.2, 0) is 22.4 Å². The number of aromatic nitrogens is 2. The van der Waals surface area contributed by atoms with Gasteiger partial charge in [-0.2, -0.15) is 0 Å². The zero-order valence-electron chi connectivity index (χ0n) is 17.5. The van der Waals surface area contributed by atoms with E-state index in [1.807, 2.05) is 18.2 Å². The summed E-state index contributed by atoms with van der Waals surface area (Å²) in [7, 11) is 0. The van der Waals surface area contributed by atoms with E-state index in [0.29, 0.717) is 27.4 Å². The molecule has 0 spiro atoms. The molecule has 166 valence electrons. The van der Waals surface area contributed by atoms with Crippen LogP contribution in [0.15, 0.2) is 41.7 Å². The van der Waals surface area contributed by atoms with Gasteiger partial charge in [0.25, 0.3) is 0 Å². The highest BCUT2D eigenvalue weighted by molar-refractivity contribution is 7.99. The molecule has 1 amide bonds. The van der Waals surface area contributed by atoms with E-state index in [9.17, 15) is 9.59 Å². The van der Waals surface area contributed by atoms with Crippen LogP contribution in [0, 0.1) is 0 Å². The minimum Gasteiger partial charge on any atom is -0.462 e. The second-order valence-electron chi connectivity index (χ2n) is 7.20. The molecule has 1 aliphatic rings. The van der Waals surface area contributed by atoms with Gasteiger partial charge in [0.05, 0.1) is 23.6 Å². The van der Waals surface area contributed by atoms with Crippen molar-refractivity contribution >= 4 is 51.6 Å². The lowest BCUT2D eigenvalue weighted by atomic mass is 9.95. The predicted molar refractivity (Wildman–Crippen MR) is 129 cm³/mol. The van der Waals surface area contributed by atoms with Crippen LogP contribution in [0.1, 0.15) is 40.6 Å². The normalized spacial score (nSPS) is 12.8. The molecule has 1 N–H and O–H groups in total. The zero-order valence-corrected chi connectivity index (χ0v) is 19.9.